The molecule has 0 aliphatic carbocycles. The molecule has 3 fully saturated rings. The van der Waals surface area contributed by atoms with Crippen LogP contribution in [0.3, 0.4) is 0 Å². The fourth-order valence-electron chi connectivity index (χ4n) is 6.11. The Morgan fingerprint density at radius 2 is 1.65 bits per heavy atom. The summed E-state index contributed by atoms with van der Waals surface area (Å²) in [5.74, 6) is 0.631. The minimum Gasteiger partial charge on any atom is -0.362 e. The van der Waals surface area contributed by atoms with Crippen LogP contribution in [0.4, 0.5) is 5.69 Å². The van der Waals surface area contributed by atoms with Crippen LogP contribution in [0.15, 0.2) is 48.5 Å². The number of carbonyl (C=O) groups is 2. The maximum absolute atomic E-state index is 13.1. The van der Waals surface area contributed by atoms with Crippen molar-refractivity contribution in [3.8, 4) is 0 Å². The van der Waals surface area contributed by atoms with Gasteiger partial charge in [0.25, 0.3) is 5.91 Å². The van der Waals surface area contributed by atoms with Crippen molar-refractivity contribution in [3.05, 3.63) is 65.2 Å². The van der Waals surface area contributed by atoms with Gasteiger partial charge in [0.05, 0.1) is 6.04 Å². The molecule has 5 heteroatoms. The normalized spacial score (nSPS) is 23.4. The van der Waals surface area contributed by atoms with Crippen LogP contribution in [0.1, 0.15) is 65.9 Å². The van der Waals surface area contributed by atoms with Crippen molar-refractivity contribution < 1.29 is 9.59 Å². The number of anilines is 1. The van der Waals surface area contributed by atoms with Crippen LogP contribution in [0.25, 0.3) is 0 Å². The number of rotatable bonds is 7. The highest BCUT2D eigenvalue weighted by Crippen LogP contribution is 2.32. The maximum Gasteiger partial charge on any atom is 0.254 e. The first-order valence-corrected chi connectivity index (χ1v) is 13.1. The lowest BCUT2D eigenvalue weighted by Crippen LogP contribution is -2.41. The van der Waals surface area contributed by atoms with E-state index in [1.165, 1.54) is 16.8 Å². The van der Waals surface area contributed by atoms with E-state index in [1.54, 1.807) is 0 Å². The smallest absolute Gasteiger partial charge is 0.254 e. The first-order chi connectivity index (χ1) is 16.7. The fourth-order valence-corrected chi connectivity index (χ4v) is 6.11. The van der Waals surface area contributed by atoms with Gasteiger partial charge >= 0.3 is 0 Å². The highest BCUT2D eigenvalue weighted by molar-refractivity contribution is 5.96. The summed E-state index contributed by atoms with van der Waals surface area (Å²) in [6.45, 7) is 5.84. The number of para-hydroxylation sites is 1. The second-order valence-electron chi connectivity index (χ2n) is 10.1. The van der Waals surface area contributed by atoms with Crippen molar-refractivity contribution >= 4 is 17.9 Å². The van der Waals surface area contributed by atoms with Gasteiger partial charge in [-0.25, -0.2) is 0 Å². The van der Waals surface area contributed by atoms with Crippen LogP contribution < -0.4 is 4.90 Å². The van der Waals surface area contributed by atoms with E-state index < -0.39 is 0 Å². The summed E-state index contributed by atoms with van der Waals surface area (Å²) in [4.78, 5) is 31.7. The van der Waals surface area contributed by atoms with Crippen molar-refractivity contribution in [1.82, 2.24) is 9.80 Å². The van der Waals surface area contributed by atoms with Gasteiger partial charge in [-0.1, -0.05) is 36.4 Å². The molecule has 34 heavy (non-hydrogen) atoms. The molecule has 3 aliphatic heterocycles. The molecule has 0 N–H and O–H groups in total. The highest BCUT2D eigenvalue weighted by atomic mass is 16.2. The molecule has 2 atom stereocenters. The molecule has 5 rings (SSSR count). The van der Waals surface area contributed by atoms with E-state index in [0.717, 1.165) is 96.1 Å². The lowest BCUT2D eigenvalue weighted by atomic mass is 9.93. The van der Waals surface area contributed by atoms with E-state index in [2.05, 4.69) is 46.2 Å². The van der Waals surface area contributed by atoms with E-state index in [9.17, 15) is 9.59 Å². The van der Waals surface area contributed by atoms with Crippen LogP contribution in [-0.4, -0.2) is 67.3 Å². The van der Waals surface area contributed by atoms with Crippen molar-refractivity contribution in [2.45, 2.75) is 56.9 Å². The van der Waals surface area contributed by atoms with Gasteiger partial charge in [0.2, 0.25) is 0 Å². The summed E-state index contributed by atoms with van der Waals surface area (Å²) in [5, 5.41) is 0. The Morgan fingerprint density at radius 1 is 0.882 bits per heavy atom. The lowest BCUT2D eigenvalue weighted by Gasteiger charge is -2.35. The Balaban J connectivity index is 1.24. The lowest BCUT2D eigenvalue weighted by molar-refractivity contribution is -0.109. The molecular weight excluding hydrogens is 422 g/mol. The van der Waals surface area contributed by atoms with Gasteiger partial charge < -0.3 is 19.5 Å². The molecule has 0 saturated carbocycles. The Morgan fingerprint density at radius 3 is 2.50 bits per heavy atom. The zero-order valence-corrected chi connectivity index (χ0v) is 20.2. The zero-order chi connectivity index (χ0) is 23.3. The summed E-state index contributed by atoms with van der Waals surface area (Å²) in [6.07, 6.45) is 8.71. The third-order valence-electron chi connectivity index (χ3n) is 8.00. The minimum atomic E-state index is 0.00992. The predicted octanol–water partition coefficient (Wildman–Crippen LogP) is 4.51. The molecule has 0 spiro atoms. The Bertz CT molecular complexity index is 1000. The van der Waals surface area contributed by atoms with Crippen LogP contribution in [0, 0.1) is 0 Å². The minimum absolute atomic E-state index is 0.00992. The van der Waals surface area contributed by atoms with E-state index in [1.807, 2.05) is 17.0 Å². The highest BCUT2D eigenvalue weighted by Gasteiger charge is 2.29. The number of amides is 1. The molecule has 3 heterocycles. The third kappa shape index (κ3) is 4.90. The molecule has 2 aromatic rings. The Labute approximate surface area is 203 Å². The van der Waals surface area contributed by atoms with Crippen LogP contribution >= 0.6 is 0 Å². The predicted molar refractivity (Wildman–Crippen MR) is 137 cm³/mol. The van der Waals surface area contributed by atoms with Gasteiger partial charge in [0, 0.05) is 44.0 Å². The van der Waals surface area contributed by atoms with Crippen LogP contribution in [0.5, 0.6) is 0 Å². The molecular formula is C29H37N3O2. The van der Waals surface area contributed by atoms with Gasteiger partial charge in [-0.15, -0.1) is 0 Å². The van der Waals surface area contributed by atoms with Gasteiger partial charge in [0.15, 0.2) is 0 Å². The summed E-state index contributed by atoms with van der Waals surface area (Å²) in [5.41, 5.74) is 4.71. The molecule has 2 unspecified atom stereocenters. The summed E-state index contributed by atoms with van der Waals surface area (Å²) >= 11 is 0. The largest absolute Gasteiger partial charge is 0.362 e. The number of benzene rings is 2. The number of hydrogen-bond acceptors (Lipinski definition) is 4. The van der Waals surface area contributed by atoms with E-state index in [0.29, 0.717) is 5.92 Å². The van der Waals surface area contributed by atoms with E-state index in [4.69, 9.17) is 0 Å². The molecule has 180 valence electrons. The average Bonchev–Trinajstić information content (AvgIpc) is 3.60. The average molecular weight is 460 g/mol. The van der Waals surface area contributed by atoms with Crippen molar-refractivity contribution in [3.63, 3.8) is 0 Å². The number of aldehydes is 1. The van der Waals surface area contributed by atoms with E-state index in [-0.39, 0.29) is 11.9 Å². The summed E-state index contributed by atoms with van der Waals surface area (Å²) < 4.78 is 0. The Kier molecular flexibility index (Phi) is 7.29. The van der Waals surface area contributed by atoms with Gasteiger partial charge in [-0.3, -0.25) is 4.79 Å². The number of carbonyl (C=O) groups excluding carboxylic acids is 2. The molecule has 5 nitrogen and oxygen atoms in total. The third-order valence-corrected chi connectivity index (χ3v) is 8.00. The molecule has 3 saturated heterocycles. The first-order valence-electron chi connectivity index (χ1n) is 13.1. The molecule has 3 aliphatic rings. The molecule has 0 aromatic heterocycles. The molecule has 2 aromatic carbocycles. The fraction of sp³-hybridized carbons (Fsp3) is 0.517. The summed E-state index contributed by atoms with van der Waals surface area (Å²) in [7, 11) is 0. The molecule has 0 bridgehead atoms. The SMILES string of the molecule is O=CC1CCCCN1c1ccccc1CCN1CCC(c2ccccc2C(=O)N2CCCC2)C1. The van der Waals surface area contributed by atoms with Crippen LogP contribution in [0.2, 0.25) is 0 Å². The van der Waals surface area contributed by atoms with E-state index >= 15 is 0 Å². The quantitative estimate of drug-likeness (QED) is 0.572. The van der Waals surface area contributed by atoms with Gasteiger partial charge in [-0.05, 0) is 80.7 Å². The topological polar surface area (TPSA) is 43.9 Å². The Hall–Kier alpha value is -2.66. The summed E-state index contributed by atoms with van der Waals surface area (Å²) in [6, 6.07) is 16.9. The number of nitrogens with zero attached hydrogens (tertiary/aromatic N) is 3. The van der Waals surface area contributed by atoms with Crippen LogP contribution in [-0.2, 0) is 11.2 Å². The second-order valence-corrected chi connectivity index (χ2v) is 10.1. The maximum atomic E-state index is 13.1. The van der Waals surface area contributed by atoms with Crippen molar-refractivity contribution in [2.24, 2.45) is 0 Å². The monoisotopic (exact) mass is 459 g/mol. The van der Waals surface area contributed by atoms with Crippen molar-refractivity contribution in [2.75, 3.05) is 44.2 Å². The number of likely N-dealkylation sites (tertiary alicyclic amines) is 2. The van der Waals surface area contributed by atoms with Gasteiger partial charge in [0.1, 0.15) is 6.29 Å². The standard InChI is InChI=1S/C29H37N3O2/c33-22-25-10-5-6-18-32(25)28-13-4-1-9-23(28)14-19-30-20-15-24(21-30)26-11-2-3-12-27(26)29(34)31-16-7-8-17-31/h1-4,9,11-13,22,24-25H,5-8,10,14-21H2. The zero-order valence-electron chi connectivity index (χ0n) is 20.2. The molecule has 1 amide bonds. The second kappa shape index (κ2) is 10.7. The van der Waals surface area contributed by atoms with Gasteiger partial charge in [-0.2, -0.15) is 0 Å². The molecule has 0 radical (unpaired) electrons. The first kappa shape index (κ1) is 23.1. The number of hydrogen-bond donors (Lipinski definition) is 0. The van der Waals surface area contributed by atoms with Crippen molar-refractivity contribution in [1.29, 1.82) is 0 Å². The number of piperidine rings is 1.